The van der Waals surface area contributed by atoms with E-state index in [0.717, 1.165) is 16.8 Å². The fraction of sp³-hybridized carbons (Fsp3) is 0.357. The average molecular weight is 257 g/mol. The third-order valence-corrected chi connectivity index (χ3v) is 3.09. The van der Waals surface area contributed by atoms with Crippen molar-refractivity contribution in [3.05, 3.63) is 29.3 Å². The van der Waals surface area contributed by atoms with Crippen molar-refractivity contribution in [2.24, 2.45) is 0 Å². The summed E-state index contributed by atoms with van der Waals surface area (Å²) in [6, 6.07) is 7.67. The van der Waals surface area contributed by atoms with Crippen molar-refractivity contribution in [1.29, 1.82) is 5.26 Å². The zero-order valence-electron chi connectivity index (χ0n) is 10.8. The first-order valence-corrected chi connectivity index (χ1v) is 6.12. The monoisotopic (exact) mass is 257 g/mol. The second-order valence-corrected chi connectivity index (χ2v) is 4.62. The van der Waals surface area contributed by atoms with Crippen molar-refractivity contribution in [1.82, 2.24) is 4.90 Å². The minimum atomic E-state index is -0.0451. The van der Waals surface area contributed by atoms with Gasteiger partial charge >= 0.3 is 0 Å². The van der Waals surface area contributed by atoms with Crippen LogP contribution in [0.3, 0.4) is 0 Å². The van der Waals surface area contributed by atoms with Crippen molar-refractivity contribution in [3.63, 3.8) is 0 Å². The Kier molecular flexibility index (Phi) is 3.81. The predicted octanol–water partition coefficient (Wildman–Crippen LogP) is 1.44. The fourth-order valence-electron chi connectivity index (χ4n) is 2.10. The van der Waals surface area contributed by atoms with Gasteiger partial charge in [0.05, 0.1) is 12.5 Å². The van der Waals surface area contributed by atoms with Crippen LogP contribution in [0, 0.1) is 11.3 Å². The van der Waals surface area contributed by atoms with E-state index in [1.54, 1.807) is 11.9 Å². The number of anilines is 1. The van der Waals surface area contributed by atoms with E-state index in [2.05, 4.69) is 5.32 Å². The topological polar surface area (TPSA) is 73.2 Å². The number of carbonyl (C=O) groups excluding carboxylic acids is 2. The van der Waals surface area contributed by atoms with Crippen molar-refractivity contribution >= 4 is 17.5 Å². The maximum absolute atomic E-state index is 11.7. The first kappa shape index (κ1) is 13.1. The second kappa shape index (κ2) is 5.53. The lowest BCUT2D eigenvalue weighted by molar-refractivity contribution is -0.130. The number of nitriles is 1. The minimum absolute atomic E-state index is 0.00519. The van der Waals surface area contributed by atoms with Gasteiger partial charge in [-0.15, -0.1) is 0 Å². The Morgan fingerprint density at radius 2 is 2.32 bits per heavy atom. The molecular formula is C14H15N3O2. The molecule has 1 aliphatic heterocycles. The molecule has 0 spiro atoms. The Morgan fingerprint density at radius 1 is 1.53 bits per heavy atom. The quantitative estimate of drug-likeness (QED) is 0.887. The van der Waals surface area contributed by atoms with Crippen molar-refractivity contribution < 1.29 is 9.59 Å². The van der Waals surface area contributed by atoms with E-state index in [9.17, 15) is 9.59 Å². The summed E-state index contributed by atoms with van der Waals surface area (Å²) in [4.78, 5) is 24.6. The number of benzene rings is 1. The van der Waals surface area contributed by atoms with Crippen LogP contribution in [0.5, 0.6) is 0 Å². The van der Waals surface area contributed by atoms with Gasteiger partial charge in [-0.05, 0) is 17.2 Å². The van der Waals surface area contributed by atoms with Crippen molar-refractivity contribution in [2.75, 3.05) is 12.4 Å². The van der Waals surface area contributed by atoms with Crippen LogP contribution in [0.15, 0.2) is 18.2 Å². The molecule has 2 rings (SSSR count). The minimum Gasteiger partial charge on any atom is -0.341 e. The smallest absolute Gasteiger partial charge is 0.228 e. The molecule has 0 radical (unpaired) electrons. The zero-order chi connectivity index (χ0) is 13.8. The maximum Gasteiger partial charge on any atom is 0.228 e. The van der Waals surface area contributed by atoms with Gasteiger partial charge in [0.15, 0.2) is 0 Å². The third kappa shape index (κ3) is 3.10. The highest BCUT2D eigenvalue weighted by Gasteiger charge is 2.18. The number of hydrogen-bond donors (Lipinski definition) is 1. The van der Waals surface area contributed by atoms with Crippen LogP contribution < -0.4 is 5.32 Å². The van der Waals surface area contributed by atoms with Crippen LogP contribution in [-0.4, -0.2) is 23.8 Å². The first-order valence-electron chi connectivity index (χ1n) is 6.12. The molecule has 0 saturated heterocycles. The van der Waals surface area contributed by atoms with Gasteiger partial charge in [-0.1, -0.05) is 12.1 Å². The summed E-state index contributed by atoms with van der Waals surface area (Å²) in [6.07, 6.45) is 0.888. The van der Waals surface area contributed by atoms with Gasteiger partial charge in [-0.3, -0.25) is 9.59 Å². The highest BCUT2D eigenvalue weighted by atomic mass is 16.2. The molecule has 0 bridgehead atoms. The molecule has 5 nitrogen and oxygen atoms in total. The molecule has 0 atom stereocenters. The molecular weight excluding hydrogens is 242 g/mol. The number of carbonyl (C=O) groups is 2. The zero-order valence-corrected chi connectivity index (χ0v) is 10.8. The predicted molar refractivity (Wildman–Crippen MR) is 70.1 cm³/mol. The number of rotatable bonds is 4. The highest BCUT2D eigenvalue weighted by molar-refractivity contribution is 5.99. The molecule has 1 heterocycles. The summed E-state index contributed by atoms with van der Waals surface area (Å²) in [7, 11) is 1.72. The first-order chi connectivity index (χ1) is 9.10. The molecule has 98 valence electrons. The van der Waals surface area contributed by atoms with Crippen LogP contribution in [0.1, 0.15) is 24.0 Å². The van der Waals surface area contributed by atoms with Crippen LogP contribution in [0.4, 0.5) is 5.69 Å². The highest BCUT2D eigenvalue weighted by Crippen LogP contribution is 2.24. The van der Waals surface area contributed by atoms with Gasteiger partial charge in [0.1, 0.15) is 0 Å². The van der Waals surface area contributed by atoms with Crippen molar-refractivity contribution in [3.8, 4) is 6.07 Å². The molecule has 1 aliphatic rings. The Hall–Kier alpha value is -2.35. The summed E-state index contributed by atoms with van der Waals surface area (Å²) in [5.74, 6) is -0.0400. The van der Waals surface area contributed by atoms with Crippen molar-refractivity contribution in [2.45, 2.75) is 25.8 Å². The van der Waals surface area contributed by atoms with E-state index in [4.69, 9.17) is 5.26 Å². The van der Waals surface area contributed by atoms with Gasteiger partial charge in [0.25, 0.3) is 0 Å². The molecule has 5 heteroatoms. The van der Waals surface area contributed by atoms with E-state index in [1.165, 1.54) is 0 Å². The van der Waals surface area contributed by atoms with E-state index in [-0.39, 0.29) is 24.7 Å². The summed E-state index contributed by atoms with van der Waals surface area (Å²) in [5.41, 5.74) is 2.82. The van der Waals surface area contributed by atoms with Crippen LogP contribution >= 0.6 is 0 Å². The SMILES string of the molecule is CN(Cc1ccc2c(c1)CC(=O)N2)C(=O)CCC#N. The number of nitrogens with zero attached hydrogens (tertiary/aromatic N) is 2. The van der Waals surface area contributed by atoms with Gasteiger partial charge in [-0.2, -0.15) is 5.26 Å². The van der Waals surface area contributed by atoms with E-state index in [0.29, 0.717) is 13.0 Å². The maximum atomic E-state index is 11.7. The molecule has 0 aliphatic carbocycles. The van der Waals surface area contributed by atoms with Gasteiger partial charge < -0.3 is 10.2 Å². The summed E-state index contributed by atoms with van der Waals surface area (Å²) in [6.45, 7) is 0.492. The van der Waals surface area contributed by atoms with E-state index in [1.807, 2.05) is 24.3 Å². The number of nitrogens with one attached hydrogen (secondary N) is 1. The third-order valence-electron chi connectivity index (χ3n) is 3.09. The molecule has 0 saturated carbocycles. The molecule has 0 unspecified atom stereocenters. The normalized spacial score (nSPS) is 12.5. The Labute approximate surface area is 111 Å². The standard InChI is InChI=1S/C14H15N3O2/c1-17(14(19)3-2-6-15)9-10-4-5-12-11(7-10)8-13(18)16-12/h4-5,7H,2-3,8-9H2,1H3,(H,16,18). The summed E-state index contributed by atoms with van der Waals surface area (Å²) >= 11 is 0. The number of amides is 2. The van der Waals surface area contributed by atoms with Gasteiger partial charge in [-0.25, -0.2) is 0 Å². The Morgan fingerprint density at radius 3 is 3.05 bits per heavy atom. The van der Waals surface area contributed by atoms with Gasteiger partial charge in [0, 0.05) is 32.1 Å². The van der Waals surface area contributed by atoms with E-state index >= 15 is 0 Å². The molecule has 0 fully saturated rings. The van der Waals surface area contributed by atoms with Crippen LogP contribution in [0.25, 0.3) is 0 Å². The van der Waals surface area contributed by atoms with Crippen LogP contribution in [-0.2, 0) is 22.6 Å². The van der Waals surface area contributed by atoms with Crippen LogP contribution in [0.2, 0.25) is 0 Å². The lowest BCUT2D eigenvalue weighted by Gasteiger charge is -2.17. The lowest BCUT2D eigenvalue weighted by Crippen LogP contribution is -2.25. The average Bonchev–Trinajstić information content (AvgIpc) is 2.75. The second-order valence-electron chi connectivity index (χ2n) is 4.62. The summed E-state index contributed by atoms with van der Waals surface area (Å²) in [5, 5.41) is 11.2. The molecule has 0 aromatic heterocycles. The molecule has 19 heavy (non-hydrogen) atoms. The Balaban J connectivity index is 2.00. The number of hydrogen-bond acceptors (Lipinski definition) is 3. The molecule has 2 amide bonds. The van der Waals surface area contributed by atoms with E-state index < -0.39 is 0 Å². The number of fused-ring (bicyclic) bond motifs is 1. The molecule has 1 N–H and O–H groups in total. The lowest BCUT2D eigenvalue weighted by atomic mass is 10.1. The largest absolute Gasteiger partial charge is 0.341 e. The Bertz CT molecular complexity index is 560. The summed E-state index contributed by atoms with van der Waals surface area (Å²) < 4.78 is 0. The fourth-order valence-corrected chi connectivity index (χ4v) is 2.10. The molecule has 1 aromatic rings. The molecule has 1 aromatic carbocycles. The van der Waals surface area contributed by atoms with Gasteiger partial charge in [0.2, 0.25) is 11.8 Å².